The molecule has 1 aliphatic carbocycles. The summed E-state index contributed by atoms with van der Waals surface area (Å²) in [6.07, 6.45) is 13.3. The molecule has 2 aromatic rings. The van der Waals surface area contributed by atoms with Crippen LogP contribution in [-0.2, 0) is 0 Å². The minimum atomic E-state index is 0.605. The summed E-state index contributed by atoms with van der Waals surface area (Å²) >= 11 is 0. The molecule has 3 heteroatoms. The molecule has 0 aliphatic heterocycles. The van der Waals surface area contributed by atoms with Crippen molar-refractivity contribution in [3.63, 3.8) is 0 Å². The first-order valence-electron chi connectivity index (χ1n) is 8.95. The summed E-state index contributed by atoms with van der Waals surface area (Å²) in [5.74, 6) is 1.21. The molecule has 3 rings (SSSR count). The number of hydrogen-bond donors (Lipinski definition) is 1. The maximum atomic E-state index is 5.74. The molecule has 0 spiro atoms. The average molecular weight is 323 g/mol. The van der Waals surface area contributed by atoms with E-state index in [2.05, 4.69) is 43.4 Å². The average Bonchev–Trinajstić information content (AvgIpc) is 3.02. The van der Waals surface area contributed by atoms with Gasteiger partial charge in [0, 0.05) is 17.4 Å². The van der Waals surface area contributed by atoms with Crippen molar-refractivity contribution in [1.29, 1.82) is 0 Å². The fourth-order valence-electron chi connectivity index (χ4n) is 2.99. The third-order valence-electron chi connectivity index (χ3n) is 4.45. The molecule has 0 fully saturated rings. The van der Waals surface area contributed by atoms with Crippen LogP contribution in [0.25, 0.3) is 11.3 Å². The lowest BCUT2D eigenvalue weighted by Crippen LogP contribution is -2.04. The molecular formula is C21H29N3. The van der Waals surface area contributed by atoms with Gasteiger partial charge in [0.05, 0.1) is 11.9 Å². The topological polar surface area (TPSA) is 43.8 Å². The molecule has 0 radical (unpaired) electrons. The molecule has 128 valence electrons. The van der Waals surface area contributed by atoms with Crippen molar-refractivity contribution in [2.75, 3.05) is 5.73 Å². The minimum Gasteiger partial charge on any atom is -0.399 e. The van der Waals surface area contributed by atoms with Crippen molar-refractivity contribution < 1.29 is 0 Å². The molecule has 3 nitrogen and oxygen atoms in total. The van der Waals surface area contributed by atoms with Crippen molar-refractivity contribution in [3.8, 4) is 5.69 Å². The summed E-state index contributed by atoms with van der Waals surface area (Å²) in [4.78, 5) is 0. The quantitative estimate of drug-likeness (QED) is 0.600. The van der Waals surface area contributed by atoms with Gasteiger partial charge in [0.1, 0.15) is 0 Å². The molecule has 1 heterocycles. The molecular weight excluding hydrogens is 294 g/mol. The fraction of sp³-hybridized carbons (Fsp3) is 0.381. The summed E-state index contributed by atoms with van der Waals surface area (Å²) in [6.45, 7) is 8.55. The first-order valence-corrected chi connectivity index (χ1v) is 8.95. The van der Waals surface area contributed by atoms with Crippen molar-refractivity contribution in [2.45, 2.75) is 40.5 Å². The van der Waals surface area contributed by atoms with E-state index < -0.39 is 0 Å². The van der Waals surface area contributed by atoms with Gasteiger partial charge in [0.2, 0.25) is 0 Å². The van der Waals surface area contributed by atoms with Crippen LogP contribution >= 0.6 is 0 Å². The van der Waals surface area contributed by atoms with Crippen LogP contribution in [0.4, 0.5) is 5.69 Å². The van der Waals surface area contributed by atoms with Crippen LogP contribution in [0, 0.1) is 11.8 Å². The number of anilines is 1. The van der Waals surface area contributed by atoms with Gasteiger partial charge >= 0.3 is 0 Å². The van der Waals surface area contributed by atoms with E-state index in [0.29, 0.717) is 11.8 Å². The Morgan fingerprint density at radius 3 is 2.58 bits per heavy atom. The van der Waals surface area contributed by atoms with E-state index in [4.69, 9.17) is 5.73 Å². The lowest BCUT2D eigenvalue weighted by Gasteiger charge is -2.15. The summed E-state index contributed by atoms with van der Waals surface area (Å²) in [5.41, 5.74) is 10.1. The Bertz CT molecular complexity index is 692. The number of hydrogen-bond acceptors (Lipinski definition) is 2. The van der Waals surface area contributed by atoms with Crippen LogP contribution in [0.5, 0.6) is 0 Å². The first-order chi connectivity index (χ1) is 11.7. The lowest BCUT2D eigenvalue weighted by molar-refractivity contribution is 0.499. The summed E-state index contributed by atoms with van der Waals surface area (Å²) in [7, 11) is 0. The summed E-state index contributed by atoms with van der Waals surface area (Å²) < 4.78 is 1.91. The van der Waals surface area contributed by atoms with Gasteiger partial charge in [-0.25, -0.2) is 4.68 Å². The standard InChI is InChI=1S/C19H23N3.C2H6/c1-3-15-11-16(6-4-5-14(15)2)17-12-21-22(13-17)19-9-7-18(20)8-10-19;1-2/h4-5,7-15H,3,6,20H2,1-2H3;1-2H3. The molecule has 1 aliphatic rings. The third-order valence-corrected chi connectivity index (χ3v) is 4.45. The largest absolute Gasteiger partial charge is 0.399 e. The van der Waals surface area contributed by atoms with Crippen molar-refractivity contribution >= 4 is 11.3 Å². The number of nitrogens with two attached hydrogens (primary N) is 1. The highest BCUT2D eigenvalue weighted by atomic mass is 15.3. The SMILES string of the molecule is CC.CCC1C=C(c2cnn(-c3ccc(N)cc3)c2)CC=CC1C. The Kier molecular flexibility index (Phi) is 6.42. The van der Waals surface area contributed by atoms with Crippen LogP contribution in [-0.4, -0.2) is 9.78 Å². The Balaban J connectivity index is 0.00000100. The number of nitrogens with zero attached hydrogens (tertiary/aromatic N) is 2. The highest BCUT2D eigenvalue weighted by Gasteiger charge is 2.16. The second-order valence-electron chi connectivity index (χ2n) is 6.02. The van der Waals surface area contributed by atoms with Gasteiger partial charge in [-0.15, -0.1) is 0 Å². The highest BCUT2D eigenvalue weighted by molar-refractivity contribution is 5.67. The van der Waals surface area contributed by atoms with Crippen LogP contribution in [0.2, 0.25) is 0 Å². The summed E-state index contributed by atoms with van der Waals surface area (Å²) in [6, 6.07) is 7.78. The van der Waals surface area contributed by atoms with Gasteiger partial charge < -0.3 is 5.73 Å². The zero-order valence-electron chi connectivity index (χ0n) is 15.2. The molecule has 2 atom stereocenters. The van der Waals surface area contributed by atoms with Crippen LogP contribution < -0.4 is 5.73 Å². The Morgan fingerprint density at radius 2 is 1.92 bits per heavy atom. The molecule has 1 aromatic heterocycles. The number of benzene rings is 1. The molecule has 0 bridgehead atoms. The van der Waals surface area contributed by atoms with Crippen molar-refractivity contribution in [2.24, 2.45) is 11.8 Å². The molecule has 0 saturated carbocycles. The molecule has 0 amide bonds. The molecule has 0 saturated heterocycles. The number of allylic oxidation sites excluding steroid dienone is 4. The van der Waals surface area contributed by atoms with Crippen LogP contribution in [0.3, 0.4) is 0 Å². The second-order valence-corrected chi connectivity index (χ2v) is 6.02. The zero-order chi connectivity index (χ0) is 17.5. The van der Waals surface area contributed by atoms with Crippen LogP contribution in [0.1, 0.15) is 46.1 Å². The number of aromatic nitrogens is 2. The van der Waals surface area contributed by atoms with E-state index in [1.807, 2.05) is 49.0 Å². The summed E-state index contributed by atoms with van der Waals surface area (Å²) in [5, 5.41) is 4.50. The first kappa shape index (κ1) is 18.1. The Labute approximate surface area is 145 Å². The zero-order valence-corrected chi connectivity index (χ0v) is 15.2. The third kappa shape index (κ3) is 4.16. The van der Waals surface area contributed by atoms with E-state index in [9.17, 15) is 0 Å². The predicted octanol–water partition coefficient (Wildman–Crippen LogP) is 5.49. The van der Waals surface area contributed by atoms with Crippen LogP contribution in [0.15, 0.2) is 54.9 Å². The monoisotopic (exact) mass is 323 g/mol. The predicted molar refractivity (Wildman–Crippen MR) is 104 cm³/mol. The van der Waals surface area contributed by atoms with Gasteiger partial charge in [-0.05, 0) is 54.5 Å². The molecule has 2 N–H and O–H groups in total. The number of nitrogen functional groups attached to an aromatic ring is 1. The fourth-order valence-corrected chi connectivity index (χ4v) is 2.99. The van der Waals surface area contributed by atoms with E-state index in [-0.39, 0.29) is 0 Å². The highest BCUT2D eigenvalue weighted by Crippen LogP contribution is 2.30. The van der Waals surface area contributed by atoms with Gasteiger partial charge in [0.15, 0.2) is 0 Å². The lowest BCUT2D eigenvalue weighted by atomic mass is 9.90. The number of rotatable bonds is 3. The van der Waals surface area contributed by atoms with Gasteiger partial charge in [0.25, 0.3) is 0 Å². The second kappa shape index (κ2) is 8.53. The molecule has 2 unspecified atom stereocenters. The minimum absolute atomic E-state index is 0.605. The maximum absolute atomic E-state index is 5.74. The van der Waals surface area contributed by atoms with E-state index in [1.54, 1.807) is 0 Å². The van der Waals surface area contributed by atoms with Crippen molar-refractivity contribution in [3.05, 3.63) is 60.5 Å². The Hall–Kier alpha value is -2.29. The molecule has 1 aromatic carbocycles. The van der Waals surface area contributed by atoms with Gasteiger partial charge in [-0.1, -0.05) is 45.9 Å². The smallest absolute Gasteiger partial charge is 0.0647 e. The van der Waals surface area contributed by atoms with E-state index >= 15 is 0 Å². The molecule has 24 heavy (non-hydrogen) atoms. The van der Waals surface area contributed by atoms with E-state index in [0.717, 1.165) is 17.8 Å². The van der Waals surface area contributed by atoms with Gasteiger partial charge in [-0.3, -0.25) is 0 Å². The van der Waals surface area contributed by atoms with Crippen molar-refractivity contribution in [1.82, 2.24) is 9.78 Å². The normalized spacial score (nSPS) is 19.9. The van der Waals surface area contributed by atoms with Gasteiger partial charge in [-0.2, -0.15) is 5.10 Å². The Morgan fingerprint density at radius 1 is 1.21 bits per heavy atom. The van der Waals surface area contributed by atoms with E-state index in [1.165, 1.54) is 17.6 Å². The maximum Gasteiger partial charge on any atom is 0.0647 e.